The van der Waals surface area contributed by atoms with Gasteiger partial charge in [-0.3, -0.25) is 14.9 Å². The average Bonchev–Trinajstić information content (AvgIpc) is 3.60. The Morgan fingerprint density at radius 3 is 2.86 bits per heavy atom. The molecule has 1 aliphatic heterocycles. The number of imidazole rings is 1. The number of ether oxygens (including phenoxy) is 2. The third kappa shape index (κ3) is 4.32. The van der Waals surface area contributed by atoms with Gasteiger partial charge < -0.3 is 24.0 Å². The largest absolute Gasteiger partial charge is 0.494 e. The highest BCUT2D eigenvalue weighted by molar-refractivity contribution is 6.05. The molecule has 180 valence electrons. The lowest BCUT2D eigenvalue weighted by molar-refractivity contribution is -0.125. The van der Waals surface area contributed by atoms with E-state index in [1.54, 1.807) is 35.2 Å². The van der Waals surface area contributed by atoms with Gasteiger partial charge in [0.1, 0.15) is 12.4 Å². The Balaban J connectivity index is 1.58. The number of hydrogen-bond donors (Lipinski definition) is 2. The van der Waals surface area contributed by atoms with Gasteiger partial charge in [-0.2, -0.15) is 5.26 Å². The van der Waals surface area contributed by atoms with Crippen molar-refractivity contribution in [1.29, 1.82) is 5.26 Å². The molecule has 5 rings (SSSR count). The van der Waals surface area contributed by atoms with Gasteiger partial charge in [0.25, 0.3) is 11.8 Å². The van der Waals surface area contributed by atoms with Crippen molar-refractivity contribution < 1.29 is 24.2 Å². The Bertz CT molecular complexity index is 1350. The maximum Gasteiger partial charge on any atom is 0.258 e. The molecule has 35 heavy (non-hydrogen) atoms. The molecule has 2 amide bonds. The number of nitrogens with one attached hydrogen (secondary N) is 1. The third-order valence-electron chi connectivity index (χ3n) is 6.59. The van der Waals surface area contributed by atoms with E-state index in [1.807, 2.05) is 10.6 Å². The SMILES string of the molecule is COc1cc2c(cc1N1CCOCC1=O)nc(NC(=O)c1cccc(C#N)c1)n2CC1(CO)CC1. The fourth-order valence-corrected chi connectivity index (χ4v) is 4.33. The Morgan fingerprint density at radius 1 is 1.34 bits per heavy atom. The predicted octanol–water partition coefficient (Wildman–Crippen LogP) is 2.30. The zero-order valence-corrected chi connectivity index (χ0v) is 19.3. The highest BCUT2D eigenvalue weighted by Crippen LogP contribution is 2.48. The smallest absolute Gasteiger partial charge is 0.258 e. The number of nitriles is 1. The minimum Gasteiger partial charge on any atom is -0.494 e. The summed E-state index contributed by atoms with van der Waals surface area (Å²) in [5.41, 5.74) is 2.33. The van der Waals surface area contributed by atoms with Gasteiger partial charge in [0.15, 0.2) is 0 Å². The number of aliphatic hydroxyl groups excluding tert-OH is 1. The Morgan fingerprint density at radius 2 is 2.17 bits per heavy atom. The van der Waals surface area contributed by atoms with E-state index in [2.05, 4.69) is 10.3 Å². The summed E-state index contributed by atoms with van der Waals surface area (Å²) in [5.74, 6) is 0.251. The summed E-state index contributed by atoms with van der Waals surface area (Å²) in [6.07, 6.45) is 1.75. The van der Waals surface area contributed by atoms with Crippen LogP contribution in [0.3, 0.4) is 0 Å². The number of hydrogen-bond acceptors (Lipinski definition) is 7. The minimum atomic E-state index is -0.400. The van der Waals surface area contributed by atoms with Gasteiger partial charge in [0, 0.05) is 30.1 Å². The molecule has 2 N–H and O–H groups in total. The van der Waals surface area contributed by atoms with E-state index in [1.165, 1.54) is 13.2 Å². The number of fused-ring (bicyclic) bond motifs is 1. The normalized spacial score (nSPS) is 16.7. The summed E-state index contributed by atoms with van der Waals surface area (Å²) < 4.78 is 12.7. The quantitative estimate of drug-likeness (QED) is 0.536. The van der Waals surface area contributed by atoms with Gasteiger partial charge in [-0.05, 0) is 37.1 Å². The van der Waals surface area contributed by atoms with Crippen LogP contribution in [0.4, 0.5) is 11.6 Å². The van der Waals surface area contributed by atoms with Crippen molar-refractivity contribution in [3.8, 4) is 11.8 Å². The summed E-state index contributed by atoms with van der Waals surface area (Å²) >= 11 is 0. The van der Waals surface area contributed by atoms with Crippen molar-refractivity contribution in [1.82, 2.24) is 9.55 Å². The molecular weight excluding hydrogens is 450 g/mol. The highest BCUT2D eigenvalue weighted by Gasteiger charge is 2.43. The summed E-state index contributed by atoms with van der Waals surface area (Å²) in [5, 5.41) is 22.0. The molecule has 0 spiro atoms. The molecular formula is C25H25N5O5. The van der Waals surface area contributed by atoms with Crippen LogP contribution in [0.2, 0.25) is 0 Å². The fourth-order valence-electron chi connectivity index (χ4n) is 4.33. The molecule has 1 saturated carbocycles. The molecule has 2 fully saturated rings. The van der Waals surface area contributed by atoms with Crippen LogP contribution in [-0.2, 0) is 16.1 Å². The van der Waals surface area contributed by atoms with E-state index in [0.29, 0.717) is 59.2 Å². The molecule has 0 atom stereocenters. The maximum absolute atomic E-state index is 13.0. The van der Waals surface area contributed by atoms with Crippen molar-refractivity contribution in [3.05, 3.63) is 47.5 Å². The first-order chi connectivity index (χ1) is 17.0. The molecule has 10 heteroatoms. The number of amides is 2. The average molecular weight is 476 g/mol. The van der Waals surface area contributed by atoms with Gasteiger partial charge in [-0.1, -0.05) is 6.07 Å². The van der Waals surface area contributed by atoms with Gasteiger partial charge in [0.05, 0.1) is 48.7 Å². The molecule has 3 aromatic rings. The summed E-state index contributed by atoms with van der Waals surface area (Å²) in [6.45, 7) is 1.31. The van der Waals surface area contributed by atoms with Crippen molar-refractivity contribution in [2.45, 2.75) is 19.4 Å². The van der Waals surface area contributed by atoms with E-state index in [9.17, 15) is 14.7 Å². The summed E-state index contributed by atoms with van der Waals surface area (Å²) in [4.78, 5) is 31.8. The lowest BCUT2D eigenvalue weighted by atomic mass is 10.1. The first-order valence-corrected chi connectivity index (χ1v) is 11.4. The molecule has 1 aromatic heterocycles. The van der Waals surface area contributed by atoms with Crippen LogP contribution in [-0.4, -0.2) is 59.9 Å². The van der Waals surface area contributed by atoms with E-state index < -0.39 is 5.91 Å². The number of aliphatic hydroxyl groups is 1. The summed E-state index contributed by atoms with van der Waals surface area (Å²) in [7, 11) is 1.54. The minimum absolute atomic E-state index is 0.00226. The van der Waals surface area contributed by atoms with Crippen molar-refractivity contribution in [3.63, 3.8) is 0 Å². The third-order valence-corrected chi connectivity index (χ3v) is 6.59. The lowest BCUT2D eigenvalue weighted by Gasteiger charge is -2.28. The van der Waals surface area contributed by atoms with E-state index in [4.69, 9.17) is 14.7 Å². The van der Waals surface area contributed by atoms with Gasteiger partial charge in [-0.15, -0.1) is 0 Å². The number of rotatable bonds is 7. The van der Waals surface area contributed by atoms with Crippen LogP contribution in [0.25, 0.3) is 11.0 Å². The molecule has 0 bridgehead atoms. The van der Waals surface area contributed by atoms with Crippen molar-refractivity contribution in [2.75, 3.05) is 43.7 Å². The monoisotopic (exact) mass is 475 g/mol. The van der Waals surface area contributed by atoms with E-state index in [0.717, 1.165) is 12.8 Å². The number of methoxy groups -OCH3 is 1. The second-order valence-electron chi connectivity index (χ2n) is 8.94. The Kier molecular flexibility index (Phi) is 5.88. The lowest BCUT2D eigenvalue weighted by Crippen LogP contribution is -2.41. The zero-order chi connectivity index (χ0) is 24.6. The highest BCUT2D eigenvalue weighted by atomic mass is 16.5. The number of carbonyl (C=O) groups is 2. The molecule has 2 aromatic carbocycles. The standard InChI is InChI=1S/C25H25N5O5/c1-34-21-11-19-18(10-20(21)29-7-8-35-13-22(29)32)27-24(30(19)14-25(15-31)5-6-25)28-23(33)17-4-2-3-16(9-17)12-26/h2-4,9-11,31H,5-8,13-15H2,1H3,(H,27,28,33). The molecule has 2 aliphatic rings. The zero-order valence-electron chi connectivity index (χ0n) is 19.3. The van der Waals surface area contributed by atoms with Gasteiger partial charge >= 0.3 is 0 Å². The number of benzene rings is 2. The van der Waals surface area contributed by atoms with E-state index in [-0.39, 0.29) is 24.5 Å². The molecule has 0 unspecified atom stereocenters. The molecule has 0 radical (unpaired) electrons. The van der Waals surface area contributed by atoms with E-state index >= 15 is 0 Å². The van der Waals surface area contributed by atoms with Crippen LogP contribution in [0.5, 0.6) is 5.75 Å². The van der Waals surface area contributed by atoms with Crippen LogP contribution in [0, 0.1) is 16.7 Å². The van der Waals surface area contributed by atoms with Crippen LogP contribution in [0.1, 0.15) is 28.8 Å². The van der Waals surface area contributed by atoms with Crippen molar-refractivity contribution >= 4 is 34.5 Å². The first-order valence-electron chi connectivity index (χ1n) is 11.4. The number of carbonyl (C=O) groups excluding carboxylic acids is 2. The number of morpholine rings is 1. The van der Waals surface area contributed by atoms with Crippen molar-refractivity contribution in [2.24, 2.45) is 5.41 Å². The van der Waals surface area contributed by atoms with Gasteiger partial charge in [-0.25, -0.2) is 4.98 Å². The molecule has 1 saturated heterocycles. The second-order valence-corrected chi connectivity index (χ2v) is 8.94. The van der Waals surface area contributed by atoms with Gasteiger partial charge in [0.2, 0.25) is 5.95 Å². The predicted molar refractivity (Wildman–Crippen MR) is 127 cm³/mol. The maximum atomic E-state index is 13.0. The van der Waals surface area contributed by atoms with Crippen LogP contribution in [0.15, 0.2) is 36.4 Å². The Hall–Kier alpha value is -3.94. The fraction of sp³-hybridized carbons (Fsp3) is 0.360. The first kappa shape index (κ1) is 22.8. The van der Waals surface area contributed by atoms with Crippen LogP contribution < -0.4 is 15.0 Å². The molecule has 10 nitrogen and oxygen atoms in total. The van der Waals surface area contributed by atoms with Crippen LogP contribution >= 0.6 is 0 Å². The molecule has 1 aliphatic carbocycles. The number of anilines is 2. The summed E-state index contributed by atoms with van der Waals surface area (Å²) in [6, 6.07) is 12.0. The Labute approximate surface area is 201 Å². The molecule has 2 heterocycles. The topological polar surface area (TPSA) is 130 Å². The number of nitrogens with zero attached hydrogens (tertiary/aromatic N) is 4. The second kappa shape index (κ2) is 9.02. The number of aromatic nitrogens is 2.